The zero-order chi connectivity index (χ0) is 17.7. The van der Waals surface area contributed by atoms with E-state index in [-0.39, 0.29) is 6.09 Å². The van der Waals surface area contributed by atoms with Gasteiger partial charge in [-0.15, -0.1) is 0 Å². The predicted molar refractivity (Wildman–Crippen MR) is 101 cm³/mol. The molecule has 0 unspecified atom stereocenters. The number of halogens is 1. The highest BCUT2D eigenvalue weighted by Gasteiger charge is 2.22. The summed E-state index contributed by atoms with van der Waals surface area (Å²) in [7, 11) is 0. The lowest BCUT2D eigenvalue weighted by atomic mass is 9.96. The number of hydrogen-bond donors (Lipinski definition) is 1. The number of carbonyl (C=O) groups is 1. The molecule has 1 aliphatic heterocycles. The van der Waals surface area contributed by atoms with Crippen molar-refractivity contribution in [2.75, 3.05) is 19.6 Å². The minimum Gasteiger partial charge on any atom is -0.444 e. The van der Waals surface area contributed by atoms with Crippen LogP contribution < -0.4 is 5.32 Å². The van der Waals surface area contributed by atoms with Gasteiger partial charge in [0.2, 0.25) is 0 Å². The Morgan fingerprint density at radius 3 is 2.62 bits per heavy atom. The SMILES string of the molecule is Cc1ccc(Br)c(CN2CCC(CNC(=O)OC(C)(C)C)CC2)c1. The summed E-state index contributed by atoms with van der Waals surface area (Å²) in [4.78, 5) is 14.2. The Morgan fingerprint density at radius 1 is 1.33 bits per heavy atom. The molecule has 1 fully saturated rings. The first-order valence-electron chi connectivity index (χ1n) is 8.67. The molecule has 0 aliphatic carbocycles. The zero-order valence-corrected chi connectivity index (χ0v) is 16.8. The molecule has 1 saturated heterocycles. The van der Waals surface area contributed by atoms with E-state index in [0.29, 0.717) is 12.5 Å². The van der Waals surface area contributed by atoms with Crippen molar-refractivity contribution < 1.29 is 9.53 Å². The number of nitrogens with zero attached hydrogens (tertiary/aromatic N) is 1. The van der Waals surface area contributed by atoms with Crippen LogP contribution in [0.4, 0.5) is 4.79 Å². The number of piperidine rings is 1. The van der Waals surface area contributed by atoms with Gasteiger partial charge in [-0.25, -0.2) is 4.79 Å². The van der Waals surface area contributed by atoms with Crippen LogP contribution in [-0.2, 0) is 11.3 Å². The van der Waals surface area contributed by atoms with Gasteiger partial charge in [0.05, 0.1) is 0 Å². The Morgan fingerprint density at radius 2 is 2.00 bits per heavy atom. The number of amides is 1. The quantitative estimate of drug-likeness (QED) is 0.814. The predicted octanol–water partition coefficient (Wildman–Crippen LogP) is 4.49. The number of hydrogen-bond acceptors (Lipinski definition) is 3. The van der Waals surface area contributed by atoms with E-state index in [0.717, 1.165) is 32.5 Å². The van der Waals surface area contributed by atoms with Gasteiger partial charge >= 0.3 is 6.09 Å². The van der Waals surface area contributed by atoms with Crippen LogP contribution in [0, 0.1) is 12.8 Å². The van der Waals surface area contributed by atoms with Crippen molar-refractivity contribution in [2.24, 2.45) is 5.92 Å². The second-order valence-corrected chi connectivity index (χ2v) is 8.55. The van der Waals surface area contributed by atoms with Crippen LogP contribution >= 0.6 is 15.9 Å². The molecule has 0 atom stereocenters. The van der Waals surface area contributed by atoms with E-state index in [1.165, 1.54) is 15.6 Å². The van der Waals surface area contributed by atoms with Gasteiger partial charge in [0, 0.05) is 17.6 Å². The molecule has 1 aromatic rings. The second-order valence-electron chi connectivity index (χ2n) is 7.70. The van der Waals surface area contributed by atoms with Crippen LogP contribution in [0.25, 0.3) is 0 Å². The fraction of sp³-hybridized carbons (Fsp3) is 0.632. The third kappa shape index (κ3) is 6.44. The number of rotatable bonds is 4. The van der Waals surface area contributed by atoms with Gasteiger partial charge in [-0.05, 0) is 71.2 Å². The fourth-order valence-electron chi connectivity index (χ4n) is 2.96. The highest BCUT2D eigenvalue weighted by molar-refractivity contribution is 9.10. The standard InChI is InChI=1S/C19H29BrN2O2/c1-14-5-6-17(20)16(11-14)13-22-9-7-15(8-10-22)12-21-18(23)24-19(2,3)4/h5-6,11,15H,7-10,12-13H2,1-4H3,(H,21,23). The molecule has 0 saturated carbocycles. The molecule has 134 valence electrons. The molecule has 0 spiro atoms. The second kappa shape index (κ2) is 8.34. The van der Waals surface area contributed by atoms with Crippen LogP contribution in [0.3, 0.4) is 0 Å². The van der Waals surface area contributed by atoms with Crippen LogP contribution in [0.15, 0.2) is 22.7 Å². The van der Waals surface area contributed by atoms with Gasteiger partial charge in [0.15, 0.2) is 0 Å². The average molecular weight is 397 g/mol. The lowest BCUT2D eigenvalue weighted by molar-refractivity contribution is 0.0509. The number of aryl methyl sites for hydroxylation is 1. The summed E-state index contributed by atoms with van der Waals surface area (Å²) in [5, 5.41) is 2.90. The average Bonchev–Trinajstić information content (AvgIpc) is 2.48. The Balaban J connectivity index is 1.73. The van der Waals surface area contributed by atoms with Gasteiger partial charge < -0.3 is 10.1 Å². The summed E-state index contributed by atoms with van der Waals surface area (Å²) in [5.41, 5.74) is 2.21. The largest absolute Gasteiger partial charge is 0.444 e. The van der Waals surface area contributed by atoms with Crippen molar-refractivity contribution in [3.8, 4) is 0 Å². The molecular formula is C19H29BrN2O2. The monoisotopic (exact) mass is 396 g/mol. The summed E-state index contributed by atoms with van der Waals surface area (Å²) in [5.74, 6) is 0.537. The van der Waals surface area contributed by atoms with E-state index < -0.39 is 5.60 Å². The third-order valence-electron chi connectivity index (χ3n) is 4.24. The maximum atomic E-state index is 11.7. The summed E-state index contributed by atoms with van der Waals surface area (Å²) in [6.45, 7) is 11.6. The number of ether oxygens (including phenoxy) is 1. The zero-order valence-electron chi connectivity index (χ0n) is 15.2. The first kappa shape index (κ1) is 19.3. The van der Waals surface area contributed by atoms with E-state index in [1.807, 2.05) is 20.8 Å². The number of alkyl carbamates (subject to hydrolysis) is 1. The molecule has 1 aromatic carbocycles. The Bertz CT molecular complexity index is 561. The highest BCUT2D eigenvalue weighted by atomic mass is 79.9. The van der Waals surface area contributed by atoms with Crippen molar-refractivity contribution in [2.45, 2.75) is 52.7 Å². The first-order valence-corrected chi connectivity index (χ1v) is 9.46. The van der Waals surface area contributed by atoms with Gasteiger partial charge in [0.1, 0.15) is 5.60 Å². The normalized spacial score (nSPS) is 16.9. The molecule has 24 heavy (non-hydrogen) atoms. The van der Waals surface area contributed by atoms with Crippen molar-refractivity contribution >= 4 is 22.0 Å². The van der Waals surface area contributed by atoms with E-state index >= 15 is 0 Å². The minimum atomic E-state index is -0.436. The lowest BCUT2D eigenvalue weighted by Gasteiger charge is -2.32. The fourth-order valence-corrected chi connectivity index (χ4v) is 3.33. The number of likely N-dealkylation sites (tertiary alicyclic amines) is 1. The maximum Gasteiger partial charge on any atom is 0.407 e. The van der Waals surface area contributed by atoms with Gasteiger partial charge in [-0.2, -0.15) is 0 Å². The molecule has 5 heteroatoms. The smallest absolute Gasteiger partial charge is 0.407 e. The molecule has 1 N–H and O–H groups in total. The molecule has 0 aromatic heterocycles. The number of benzene rings is 1. The summed E-state index contributed by atoms with van der Waals surface area (Å²) >= 11 is 3.65. The van der Waals surface area contributed by atoms with Gasteiger partial charge in [-0.3, -0.25) is 4.90 Å². The van der Waals surface area contributed by atoms with E-state index in [2.05, 4.69) is 51.3 Å². The third-order valence-corrected chi connectivity index (χ3v) is 5.01. The van der Waals surface area contributed by atoms with Crippen molar-refractivity contribution in [1.82, 2.24) is 10.2 Å². The molecule has 1 heterocycles. The van der Waals surface area contributed by atoms with Crippen LogP contribution in [0.1, 0.15) is 44.7 Å². The number of nitrogens with one attached hydrogen (secondary N) is 1. The minimum absolute atomic E-state index is 0.311. The molecule has 0 bridgehead atoms. The van der Waals surface area contributed by atoms with Gasteiger partial charge in [-0.1, -0.05) is 33.6 Å². The number of carbonyl (C=O) groups excluding carboxylic acids is 1. The summed E-state index contributed by atoms with van der Waals surface area (Å²) < 4.78 is 6.47. The highest BCUT2D eigenvalue weighted by Crippen LogP contribution is 2.23. The molecule has 0 radical (unpaired) electrons. The van der Waals surface area contributed by atoms with E-state index in [9.17, 15) is 4.79 Å². The summed E-state index contributed by atoms with van der Waals surface area (Å²) in [6, 6.07) is 6.50. The van der Waals surface area contributed by atoms with E-state index in [1.54, 1.807) is 0 Å². The van der Waals surface area contributed by atoms with E-state index in [4.69, 9.17) is 4.74 Å². The maximum absolute atomic E-state index is 11.7. The van der Waals surface area contributed by atoms with Crippen LogP contribution in [0.5, 0.6) is 0 Å². The topological polar surface area (TPSA) is 41.6 Å². The Labute approximate surface area is 154 Å². The van der Waals surface area contributed by atoms with Crippen LogP contribution in [0.2, 0.25) is 0 Å². The lowest BCUT2D eigenvalue weighted by Crippen LogP contribution is -2.40. The van der Waals surface area contributed by atoms with Crippen LogP contribution in [-0.4, -0.2) is 36.2 Å². The van der Waals surface area contributed by atoms with Gasteiger partial charge in [0.25, 0.3) is 0 Å². The van der Waals surface area contributed by atoms with Crippen molar-refractivity contribution in [1.29, 1.82) is 0 Å². The molecule has 1 amide bonds. The first-order chi connectivity index (χ1) is 11.2. The van der Waals surface area contributed by atoms with Crippen molar-refractivity contribution in [3.05, 3.63) is 33.8 Å². The molecule has 4 nitrogen and oxygen atoms in total. The molecular weight excluding hydrogens is 368 g/mol. The molecule has 2 rings (SSSR count). The molecule has 1 aliphatic rings. The van der Waals surface area contributed by atoms with Crippen molar-refractivity contribution in [3.63, 3.8) is 0 Å². The Hall–Kier alpha value is -1.07. The summed E-state index contributed by atoms with van der Waals surface area (Å²) in [6.07, 6.45) is 1.91. The Kier molecular flexibility index (Phi) is 6.70.